The molecule has 3 fully saturated rings. The van der Waals surface area contributed by atoms with Crippen LogP contribution in [-0.4, -0.2) is 10.2 Å². The fourth-order valence-corrected chi connectivity index (χ4v) is 11.8. The molecule has 276 valence electrons. The monoisotopic (exact) mass is 696 g/mol. The molecule has 3 saturated carbocycles. The Morgan fingerprint density at radius 1 is 0.519 bits per heavy atom. The van der Waals surface area contributed by atoms with Crippen molar-refractivity contribution in [3.05, 3.63) is 77.9 Å². The first-order chi connectivity index (χ1) is 25.5. The number of hydrogen-bond acceptors (Lipinski definition) is 2. The van der Waals surface area contributed by atoms with E-state index in [1.54, 1.807) is 0 Å². The van der Waals surface area contributed by atoms with Crippen LogP contribution in [-0.2, 0) is 0 Å². The summed E-state index contributed by atoms with van der Waals surface area (Å²) in [6.07, 6.45) is 28.7. The quantitative estimate of drug-likeness (QED) is 0.183. The molecule has 4 aliphatic rings. The third-order valence-corrected chi connectivity index (χ3v) is 14.8. The van der Waals surface area contributed by atoms with Gasteiger partial charge < -0.3 is 10.2 Å². The third-order valence-electron chi connectivity index (χ3n) is 14.8. The largest absolute Gasteiger partial charge is 0.507 e. The molecule has 0 aromatic heterocycles. The first kappa shape index (κ1) is 35.8. The third kappa shape index (κ3) is 7.43. The predicted molar refractivity (Wildman–Crippen MR) is 221 cm³/mol. The molecule has 0 bridgehead atoms. The van der Waals surface area contributed by atoms with Crippen molar-refractivity contribution in [1.29, 1.82) is 0 Å². The summed E-state index contributed by atoms with van der Waals surface area (Å²) in [7, 11) is 0. The van der Waals surface area contributed by atoms with E-state index in [4.69, 9.17) is 0 Å². The summed E-state index contributed by atoms with van der Waals surface area (Å²) in [4.78, 5) is 0. The van der Waals surface area contributed by atoms with E-state index < -0.39 is 0 Å². The summed E-state index contributed by atoms with van der Waals surface area (Å²) in [6.45, 7) is 4.68. The van der Waals surface area contributed by atoms with E-state index in [0.717, 1.165) is 74.6 Å². The first-order valence-electron chi connectivity index (χ1n) is 21.7. The van der Waals surface area contributed by atoms with Gasteiger partial charge in [-0.25, -0.2) is 0 Å². The van der Waals surface area contributed by atoms with Gasteiger partial charge in [0.25, 0.3) is 0 Å². The molecule has 4 aromatic rings. The Labute approximate surface area is 314 Å². The molecule has 52 heavy (non-hydrogen) atoms. The molecule has 1 unspecified atom stereocenters. The van der Waals surface area contributed by atoms with Crippen LogP contribution in [0.3, 0.4) is 0 Å². The van der Waals surface area contributed by atoms with Crippen LogP contribution in [0.25, 0.3) is 38.2 Å². The van der Waals surface area contributed by atoms with Gasteiger partial charge in [-0.2, -0.15) is 0 Å². The SMILES string of the molecule is CCC[C@H]1CC[C@H](C2CC=C(c3ccc4c(-c5c(O)ccc6cc(C7CCC([C@H]8CC[C@H](CCC)CC8)CC7)ccc56)c(O)ccc4c3)CC2)CC1. The van der Waals surface area contributed by atoms with E-state index >= 15 is 0 Å². The second kappa shape index (κ2) is 16.0. The summed E-state index contributed by atoms with van der Waals surface area (Å²) in [6, 6.07) is 21.4. The maximum atomic E-state index is 11.4. The van der Waals surface area contributed by atoms with E-state index in [2.05, 4.69) is 62.4 Å². The number of fused-ring (bicyclic) bond motifs is 2. The van der Waals surface area contributed by atoms with E-state index in [1.807, 2.05) is 18.2 Å². The number of phenols is 2. The first-order valence-corrected chi connectivity index (χ1v) is 21.7. The molecule has 0 amide bonds. The lowest BCUT2D eigenvalue weighted by Gasteiger charge is -2.38. The van der Waals surface area contributed by atoms with Crippen LogP contribution >= 0.6 is 0 Å². The van der Waals surface area contributed by atoms with Crippen LogP contribution in [0, 0.1) is 35.5 Å². The molecule has 0 heterocycles. The van der Waals surface area contributed by atoms with Crippen molar-refractivity contribution >= 4 is 27.1 Å². The topological polar surface area (TPSA) is 40.5 Å². The highest BCUT2D eigenvalue weighted by atomic mass is 16.3. The van der Waals surface area contributed by atoms with Crippen molar-refractivity contribution in [2.24, 2.45) is 35.5 Å². The lowest BCUT2D eigenvalue weighted by molar-refractivity contribution is 0.156. The highest BCUT2D eigenvalue weighted by Gasteiger charge is 2.32. The molecule has 2 N–H and O–H groups in total. The maximum Gasteiger partial charge on any atom is 0.124 e. The molecule has 0 saturated heterocycles. The highest BCUT2D eigenvalue weighted by Crippen LogP contribution is 2.48. The van der Waals surface area contributed by atoms with E-state index in [9.17, 15) is 10.2 Å². The molecule has 8 rings (SSSR count). The lowest BCUT2D eigenvalue weighted by atomic mass is 9.68. The minimum Gasteiger partial charge on any atom is -0.507 e. The van der Waals surface area contributed by atoms with E-state index in [-0.39, 0.29) is 11.5 Å². The maximum absolute atomic E-state index is 11.4. The Morgan fingerprint density at radius 2 is 1.04 bits per heavy atom. The Hall–Kier alpha value is -3.26. The average molecular weight is 697 g/mol. The molecule has 1 atom stereocenters. The van der Waals surface area contributed by atoms with Gasteiger partial charge in [-0.05, 0) is 168 Å². The number of benzene rings is 4. The Bertz CT molecular complexity index is 1860. The molecule has 2 heteroatoms. The Kier molecular flexibility index (Phi) is 11.0. The standard InChI is InChI=1S/C50H64O2/c1-3-5-33-7-11-35(12-8-33)37-15-19-39(20-16-37)41-23-27-45-43(31-41)25-29-47(51)49(45)50-46-28-24-42(32-44(46)26-30-48(50)52)40-21-17-38(18-22-40)36-13-9-34(6-4-2)10-14-36/h19,23-38,40,51-52H,3-18,20-22H2,1-2H3/t33-,34-,35-,36-,37?,38?,40?. The van der Waals surface area contributed by atoms with Gasteiger partial charge in [0.2, 0.25) is 0 Å². The van der Waals surface area contributed by atoms with E-state index in [0.29, 0.717) is 5.92 Å². The summed E-state index contributed by atoms with van der Waals surface area (Å²) in [5.74, 6) is 6.67. The van der Waals surface area contributed by atoms with Crippen LogP contribution in [0.2, 0.25) is 0 Å². The van der Waals surface area contributed by atoms with Crippen LogP contribution in [0.15, 0.2) is 66.7 Å². The van der Waals surface area contributed by atoms with Crippen molar-refractivity contribution in [1.82, 2.24) is 0 Å². The van der Waals surface area contributed by atoms with Gasteiger partial charge in [0.05, 0.1) is 0 Å². The van der Waals surface area contributed by atoms with Crippen LogP contribution in [0.1, 0.15) is 153 Å². The van der Waals surface area contributed by atoms with E-state index in [1.165, 1.54) is 132 Å². The smallest absolute Gasteiger partial charge is 0.124 e. The van der Waals surface area contributed by atoms with Gasteiger partial charge in [-0.1, -0.05) is 114 Å². The number of hydrogen-bond donors (Lipinski definition) is 2. The molecule has 4 aromatic carbocycles. The minimum absolute atomic E-state index is 0.225. The van der Waals surface area contributed by atoms with Crippen molar-refractivity contribution in [2.75, 3.05) is 0 Å². The highest BCUT2D eigenvalue weighted by molar-refractivity contribution is 6.10. The second-order valence-corrected chi connectivity index (χ2v) is 17.9. The van der Waals surface area contributed by atoms with Crippen LogP contribution < -0.4 is 0 Å². The second-order valence-electron chi connectivity index (χ2n) is 17.9. The van der Waals surface area contributed by atoms with Crippen molar-refractivity contribution in [3.8, 4) is 22.6 Å². The van der Waals surface area contributed by atoms with Crippen molar-refractivity contribution in [3.63, 3.8) is 0 Å². The zero-order valence-corrected chi connectivity index (χ0v) is 32.2. The van der Waals surface area contributed by atoms with Crippen LogP contribution in [0.5, 0.6) is 11.5 Å². The van der Waals surface area contributed by atoms with Crippen molar-refractivity contribution < 1.29 is 10.2 Å². The zero-order valence-electron chi connectivity index (χ0n) is 32.2. The molecule has 4 aliphatic carbocycles. The fourth-order valence-electron chi connectivity index (χ4n) is 11.8. The summed E-state index contributed by atoms with van der Waals surface area (Å²) >= 11 is 0. The van der Waals surface area contributed by atoms with Gasteiger partial charge in [0, 0.05) is 11.1 Å². The predicted octanol–water partition coefficient (Wildman–Crippen LogP) is 14.7. The lowest BCUT2D eigenvalue weighted by Crippen LogP contribution is -2.25. The van der Waals surface area contributed by atoms with Gasteiger partial charge in [-0.15, -0.1) is 0 Å². The molecule has 0 radical (unpaired) electrons. The summed E-state index contributed by atoms with van der Waals surface area (Å²) < 4.78 is 0. The minimum atomic E-state index is 0.225. The summed E-state index contributed by atoms with van der Waals surface area (Å²) in [5, 5.41) is 27.0. The fraction of sp³-hybridized carbons (Fsp3) is 0.560. The molecule has 2 nitrogen and oxygen atoms in total. The zero-order chi connectivity index (χ0) is 35.6. The molecule has 0 aliphatic heterocycles. The van der Waals surface area contributed by atoms with Crippen LogP contribution in [0.4, 0.5) is 0 Å². The van der Waals surface area contributed by atoms with Gasteiger partial charge >= 0.3 is 0 Å². The molecular formula is C50H64O2. The molecular weight excluding hydrogens is 633 g/mol. The Morgan fingerprint density at radius 3 is 1.58 bits per heavy atom. The Balaban J connectivity index is 0.986. The summed E-state index contributed by atoms with van der Waals surface area (Å²) in [5.41, 5.74) is 5.70. The van der Waals surface area contributed by atoms with Gasteiger partial charge in [-0.3, -0.25) is 0 Å². The number of rotatable bonds is 9. The molecule has 0 spiro atoms. The number of aromatic hydroxyl groups is 2. The number of phenolic OH excluding ortho intramolecular Hbond substituents is 2. The van der Waals surface area contributed by atoms with Gasteiger partial charge in [0.15, 0.2) is 0 Å². The average Bonchev–Trinajstić information content (AvgIpc) is 3.19. The normalized spacial score (nSPS) is 28.6. The van der Waals surface area contributed by atoms with Gasteiger partial charge in [0.1, 0.15) is 11.5 Å². The number of allylic oxidation sites excluding steroid dienone is 2. The van der Waals surface area contributed by atoms with Crippen molar-refractivity contribution in [2.45, 2.75) is 142 Å².